The Labute approximate surface area is 110 Å². The third-order valence-corrected chi connectivity index (χ3v) is 2.80. The molecule has 0 aliphatic heterocycles. The number of aryl methyl sites for hydroxylation is 1. The van der Waals surface area contributed by atoms with Gasteiger partial charge < -0.3 is 5.32 Å². The maximum absolute atomic E-state index is 13.0. The summed E-state index contributed by atoms with van der Waals surface area (Å²) in [6, 6.07) is 6.71. The Morgan fingerprint density at radius 1 is 1.32 bits per heavy atom. The quantitative estimate of drug-likeness (QED) is 0.912. The highest BCUT2D eigenvalue weighted by atomic mass is 19.1. The van der Waals surface area contributed by atoms with E-state index in [2.05, 4.69) is 15.3 Å². The highest BCUT2D eigenvalue weighted by molar-refractivity contribution is 5.46. The molecule has 0 spiro atoms. The predicted octanol–water partition coefficient (Wildman–Crippen LogP) is 2.45. The van der Waals surface area contributed by atoms with E-state index in [0.717, 1.165) is 17.5 Å². The van der Waals surface area contributed by atoms with E-state index in [1.807, 2.05) is 13.0 Å². The molecule has 5 heteroatoms. The summed E-state index contributed by atoms with van der Waals surface area (Å²) in [5.74, 6) is 0.250. The smallest absolute Gasteiger partial charge is 0.182 e. The predicted molar refractivity (Wildman–Crippen MR) is 70.1 cm³/mol. The third kappa shape index (κ3) is 3.26. The van der Waals surface area contributed by atoms with E-state index in [-0.39, 0.29) is 11.5 Å². The molecule has 0 fully saturated rings. The summed E-state index contributed by atoms with van der Waals surface area (Å²) in [6.45, 7) is 2.49. The number of rotatable bonds is 4. The first-order valence-corrected chi connectivity index (χ1v) is 5.90. The van der Waals surface area contributed by atoms with Gasteiger partial charge in [0, 0.05) is 18.9 Å². The average Bonchev–Trinajstić information content (AvgIpc) is 2.42. The molecule has 1 N–H and O–H groups in total. The van der Waals surface area contributed by atoms with Crippen molar-refractivity contribution >= 4 is 5.82 Å². The molecule has 96 valence electrons. The van der Waals surface area contributed by atoms with Gasteiger partial charge in [0.25, 0.3) is 0 Å². The van der Waals surface area contributed by atoms with Gasteiger partial charge in [-0.05, 0) is 36.6 Å². The van der Waals surface area contributed by atoms with Gasteiger partial charge in [0.2, 0.25) is 0 Å². The number of aromatic nitrogens is 2. The highest BCUT2D eigenvalue weighted by Gasteiger charge is 2.04. The number of hydrogen-bond acceptors (Lipinski definition) is 4. The van der Waals surface area contributed by atoms with Crippen molar-refractivity contribution in [2.75, 3.05) is 11.9 Å². The SMILES string of the molecule is Cc1cc(F)ccc1CCNc1nccnc1C#N. The Kier molecular flexibility index (Phi) is 4.04. The molecular weight excluding hydrogens is 243 g/mol. The van der Waals surface area contributed by atoms with E-state index < -0.39 is 0 Å². The van der Waals surface area contributed by atoms with Crippen LogP contribution in [0, 0.1) is 24.1 Å². The Morgan fingerprint density at radius 3 is 2.84 bits per heavy atom. The molecule has 0 atom stereocenters. The summed E-state index contributed by atoms with van der Waals surface area (Å²) in [6.07, 6.45) is 3.74. The van der Waals surface area contributed by atoms with E-state index >= 15 is 0 Å². The first kappa shape index (κ1) is 13.0. The fourth-order valence-electron chi connectivity index (χ4n) is 1.80. The van der Waals surface area contributed by atoms with Gasteiger partial charge >= 0.3 is 0 Å². The van der Waals surface area contributed by atoms with Crippen molar-refractivity contribution in [1.29, 1.82) is 5.26 Å². The van der Waals surface area contributed by atoms with Gasteiger partial charge in [-0.3, -0.25) is 0 Å². The fourth-order valence-corrected chi connectivity index (χ4v) is 1.80. The lowest BCUT2D eigenvalue weighted by Gasteiger charge is -2.08. The molecule has 1 aromatic carbocycles. The molecule has 1 heterocycles. The molecule has 1 aromatic heterocycles. The third-order valence-electron chi connectivity index (χ3n) is 2.80. The Bertz CT molecular complexity index is 619. The van der Waals surface area contributed by atoms with E-state index in [1.54, 1.807) is 6.07 Å². The second kappa shape index (κ2) is 5.91. The van der Waals surface area contributed by atoms with Crippen LogP contribution >= 0.6 is 0 Å². The summed E-state index contributed by atoms with van der Waals surface area (Å²) in [4.78, 5) is 7.98. The van der Waals surface area contributed by atoms with E-state index in [9.17, 15) is 4.39 Å². The van der Waals surface area contributed by atoms with Crippen LogP contribution in [-0.2, 0) is 6.42 Å². The number of benzene rings is 1. The maximum Gasteiger partial charge on any atom is 0.182 e. The largest absolute Gasteiger partial charge is 0.367 e. The summed E-state index contributed by atoms with van der Waals surface area (Å²) in [5, 5.41) is 11.9. The van der Waals surface area contributed by atoms with E-state index in [4.69, 9.17) is 5.26 Å². The highest BCUT2D eigenvalue weighted by Crippen LogP contribution is 2.12. The topological polar surface area (TPSA) is 61.6 Å². The van der Waals surface area contributed by atoms with Crippen LogP contribution in [0.15, 0.2) is 30.6 Å². The number of nitrogens with one attached hydrogen (secondary N) is 1. The first-order chi connectivity index (χ1) is 9.20. The standard InChI is InChI=1S/C14H13FN4/c1-10-8-12(15)3-2-11(10)4-5-18-14-13(9-16)17-6-7-19-14/h2-3,6-8H,4-5H2,1H3,(H,18,19). The van der Waals surface area contributed by atoms with Gasteiger partial charge in [-0.2, -0.15) is 5.26 Å². The molecule has 0 radical (unpaired) electrons. The Morgan fingerprint density at radius 2 is 2.11 bits per heavy atom. The van der Waals surface area contributed by atoms with Crippen LogP contribution in [-0.4, -0.2) is 16.5 Å². The molecule has 0 saturated carbocycles. The summed E-state index contributed by atoms with van der Waals surface area (Å²) >= 11 is 0. The fraction of sp³-hybridized carbons (Fsp3) is 0.214. The van der Waals surface area contributed by atoms with Crippen LogP contribution in [0.4, 0.5) is 10.2 Å². The van der Waals surface area contributed by atoms with E-state index in [0.29, 0.717) is 12.4 Å². The molecule has 0 amide bonds. The second-order valence-electron chi connectivity index (χ2n) is 4.11. The van der Waals surface area contributed by atoms with E-state index in [1.165, 1.54) is 24.5 Å². The normalized spacial score (nSPS) is 9.95. The lowest BCUT2D eigenvalue weighted by Crippen LogP contribution is -2.09. The van der Waals surface area contributed by atoms with Gasteiger partial charge in [0.1, 0.15) is 11.9 Å². The van der Waals surface area contributed by atoms with Gasteiger partial charge in [-0.1, -0.05) is 6.07 Å². The molecule has 0 bridgehead atoms. The molecule has 0 saturated heterocycles. The molecule has 0 aliphatic carbocycles. The van der Waals surface area contributed by atoms with Crippen LogP contribution in [0.3, 0.4) is 0 Å². The van der Waals surface area contributed by atoms with Crippen LogP contribution in [0.1, 0.15) is 16.8 Å². The van der Waals surface area contributed by atoms with Crippen molar-refractivity contribution < 1.29 is 4.39 Å². The van der Waals surface area contributed by atoms with Crippen LogP contribution in [0.5, 0.6) is 0 Å². The lowest BCUT2D eigenvalue weighted by atomic mass is 10.1. The maximum atomic E-state index is 13.0. The van der Waals surface area contributed by atoms with Crippen LogP contribution in [0.25, 0.3) is 0 Å². The number of anilines is 1. The molecule has 19 heavy (non-hydrogen) atoms. The summed E-state index contributed by atoms with van der Waals surface area (Å²) < 4.78 is 13.0. The zero-order valence-electron chi connectivity index (χ0n) is 10.5. The molecule has 2 rings (SSSR count). The van der Waals surface area contributed by atoms with Crippen molar-refractivity contribution in [3.05, 3.63) is 53.2 Å². The number of halogens is 1. The van der Waals surface area contributed by atoms with Crippen molar-refractivity contribution in [3.63, 3.8) is 0 Å². The minimum atomic E-state index is -0.227. The molecule has 4 nitrogen and oxygen atoms in total. The molecule has 0 aliphatic rings. The molecule has 0 unspecified atom stereocenters. The molecule has 2 aromatic rings. The zero-order chi connectivity index (χ0) is 13.7. The van der Waals surface area contributed by atoms with Crippen molar-refractivity contribution in [1.82, 2.24) is 9.97 Å². The summed E-state index contributed by atoms with van der Waals surface area (Å²) in [5.41, 5.74) is 2.26. The number of nitrogens with zero attached hydrogens (tertiary/aromatic N) is 3. The minimum absolute atomic E-state index is 0.227. The summed E-state index contributed by atoms with van der Waals surface area (Å²) in [7, 11) is 0. The van der Waals surface area contributed by atoms with Crippen molar-refractivity contribution in [2.24, 2.45) is 0 Å². The van der Waals surface area contributed by atoms with Crippen LogP contribution in [0.2, 0.25) is 0 Å². The van der Waals surface area contributed by atoms with Crippen LogP contribution < -0.4 is 5.32 Å². The first-order valence-electron chi connectivity index (χ1n) is 5.90. The lowest BCUT2D eigenvalue weighted by molar-refractivity contribution is 0.625. The van der Waals surface area contributed by atoms with Crippen molar-refractivity contribution in [3.8, 4) is 6.07 Å². The van der Waals surface area contributed by atoms with Gasteiger partial charge in [0.05, 0.1) is 0 Å². The van der Waals surface area contributed by atoms with Gasteiger partial charge in [-0.15, -0.1) is 0 Å². The Balaban J connectivity index is 1.99. The monoisotopic (exact) mass is 256 g/mol. The van der Waals surface area contributed by atoms with Crippen molar-refractivity contribution in [2.45, 2.75) is 13.3 Å². The number of hydrogen-bond donors (Lipinski definition) is 1. The Hall–Kier alpha value is -2.48. The average molecular weight is 256 g/mol. The van der Waals surface area contributed by atoms with Gasteiger partial charge in [-0.25, -0.2) is 14.4 Å². The van der Waals surface area contributed by atoms with Gasteiger partial charge in [0.15, 0.2) is 11.5 Å². The second-order valence-corrected chi connectivity index (χ2v) is 4.11. The zero-order valence-corrected chi connectivity index (χ0v) is 10.5. The number of nitriles is 1. The minimum Gasteiger partial charge on any atom is -0.367 e. The molecular formula is C14H13FN4.